The fourth-order valence-corrected chi connectivity index (χ4v) is 3.18. The van der Waals surface area contributed by atoms with Crippen LogP contribution in [0, 0.1) is 23.7 Å². The molecule has 1 saturated heterocycles. The van der Waals surface area contributed by atoms with Crippen LogP contribution in [-0.4, -0.2) is 65.9 Å². The van der Waals surface area contributed by atoms with E-state index in [-0.39, 0.29) is 12.4 Å². The van der Waals surface area contributed by atoms with E-state index < -0.39 is 71.9 Å². The molecule has 11 nitrogen and oxygen atoms in total. The highest BCUT2D eigenvalue weighted by atomic mass is 16.7. The van der Waals surface area contributed by atoms with Gasteiger partial charge in [-0.25, -0.2) is 0 Å². The van der Waals surface area contributed by atoms with Gasteiger partial charge in [-0.05, 0) is 6.08 Å². The highest BCUT2D eigenvalue weighted by Gasteiger charge is 2.54. The van der Waals surface area contributed by atoms with Gasteiger partial charge in [-0.3, -0.25) is 19.2 Å². The maximum absolute atomic E-state index is 12.6. The predicted molar refractivity (Wildman–Crippen MR) is 114 cm³/mol. The maximum atomic E-state index is 12.6. The molecule has 5 atom stereocenters. The number of carbonyl (C=O) groups excluding carboxylic acids is 4. The van der Waals surface area contributed by atoms with Crippen LogP contribution in [0.4, 0.5) is 0 Å². The number of hydrogen-bond acceptors (Lipinski definition) is 10. The van der Waals surface area contributed by atoms with Gasteiger partial charge in [0.25, 0.3) is 0 Å². The lowest BCUT2D eigenvalue weighted by atomic mass is 9.92. The van der Waals surface area contributed by atoms with Gasteiger partial charge in [0.05, 0.1) is 23.7 Å². The Morgan fingerprint density at radius 1 is 1.00 bits per heavy atom. The fraction of sp³-hybridized carbons (Fsp3) is 0.682. The van der Waals surface area contributed by atoms with Gasteiger partial charge < -0.3 is 29.5 Å². The van der Waals surface area contributed by atoms with Crippen molar-refractivity contribution in [3.8, 4) is 0 Å². The number of ether oxygens (including phenoxy) is 4. The molecule has 2 aliphatic heterocycles. The summed E-state index contributed by atoms with van der Waals surface area (Å²) in [5.41, 5.74) is 0. The first-order valence-electron chi connectivity index (χ1n) is 10.9. The van der Waals surface area contributed by atoms with Crippen molar-refractivity contribution in [3.05, 3.63) is 12.2 Å². The number of nitrogens with one attached hydrogen (secondary N) is 1. The normalized spacial score (nSPS) is 28.3. The second-order valence-electron chi connectivity index (χ2n) is 8.90. The lowest BCUT2D eigenvalue weighted by molar-refractivity contribution is -0.173. The predicted octanol–water partition coefficient (Wildman–Crippen LogP) is 1.18. The molecule has 1 fully saturated rings. The van der Waals surface area contributed by atoms with Crippen LogP contribution < -0.4 is 5.32 Å². The number of rotatable bonds is 8. The van der Waals surface area contributed by atoms with E-state index >= 15 is 0 Å². The molecule has 0 bridgehead atoms. The molecular weight excluding hydrogens is 436 g/mol. The van der Waals surface area contributed by atoms with Gasteiger partial charge in [-0.15, -0.1) is 0 Å². The summed E-state index contributed by atoms with van der Waals surface area (Å²) in [4.78, 5) is 49.5. The van der Waals surface area contributed by atoms with Crippen molar-refractivity contribution >= 4 is 29.7 Å². The standard InChI is InChI=1S/C22H32N2O9/c1-10(2)20(26)30-9-14-17(32-21(27)11(3)4)18(33-22(28)12(5)6)16(31-14)13-7-8-15(24-29)23-19(13)25/h7-8,10-14,16-18,29H,9H2,1-6H3,(H,23,24,25)/t13?,14-,16?,17-,18+/m1/s1. The molecule has 0 aromatic heterocycles. The Labute approximate surface area is 192 Å². The quantitative estimate of drug-likeness (QED) is 0.232. The highest BCUT2D eigenvalue weighted by molar-refractivity contribution is 6.08. The third kappa shape index (κ3) is 6.53. The van der Waals surface area contributed by atoms with Crippen LogP contribution in [0.1, 0.15) is 41.5 Å². The van der Waals surface area contributed by atoms with Gasteiger partial charge in [-0.2, -0.15) is 0 Å². The van der Waals surface area contributed by atoms with Gasteiger partial charge in [0.1, 0.15) is 18.8 Å². The number of nitrogens with zero attached hydrogens (tertiary/aromatic N) is 1. The smallest absolute Gasteiger partial charge is 0.308 e. The molecule has 1 amide bonds. The summed E-state index contributed by atoms with van der Waals surface area (Å²) in [6.45, 7) is 9.64. The van der Waals surface area contributed by atoms with Crippen molar-refractivity contribution in [3.63, 3.8) is 0 Å². The number of oxime groups is 1. The Kier molecular flexibility index (Phi) is 8.98. The van der Waals surface area contributed by atoms with E-state index in [1.165, 1.54) is 12.2 Å². The molecule has 0 radical (unpaired) electrons. The molecule has 184 valence electrons. The Bertz CT molecular complexity index is 819. The van der Waals surface area contributed by atoms with Gasteiger partial charge >= 0.3 is 17.9 Å². The van der Waals surface area contributed by atoms with E-state index in [1.807, 2.05) is 0 Å². The second-order valence-corrected chi connectivity index (χ2v) is 8.90. The summed E-state index contributed by atoms with van der Waals surface area (Å²) < 4.78 is 22.6. The molecule has 2 heterocycles. The van der Waals surface area contributed by atoms with Gasteiger partial charge in [0.2, 0.25) is 5.91 Å². The van der Waals surface area contributed by atoms with Crippen molar-refractivity contribution in [1.29, 1.82) is 0 Å². The first-order chi connectivity index (χ1) is 15.5. The Hall–Kier alpha value is -2.95. The lowest BCUT2D eigenvalue weighted by Gasteiger charge is -2.29. The molecule has 0 aromatic carbocycles. The molecule has 2 aliphatic rings. The zero-order valence-corrected chi connectivity index (χ0v) is 19.6. The van der Waals surface area contributed by atoms with E-state index in [9.17, 15) is 19.2 Å². The van der Waals surface area contributed by atoms with Gasteiger partial charge in [0, 0.05) is 0 Å². The molecule has 2 unspecified atom stereocenters. The summed E-state index contributed by atoms with van der Waals surface area (Å²) in [5, 5.41) is 14.3. The zero-order valence-electron chi connectivity index (χ0n) is 19.6. The fourth-order valence-electron chi connectivity index (χ4n) is 3.18. The molecule has 33 heavy (non-hydrogen) atoms. The maximum Gasteiger partial charge on any atom is 0.308 e. The Balaban J connectivity index is 2.40. The Morgan fingerprint density at radius 2 is 1.55 bits per heavy atom. The Morgan fingerprint density at radius 3 is 2.03 bits per heavy atom. The van der Waals surface area contributed by atoms with E-state index in [0.29, 0.717) is 0 Å². The summed E-state index contributed by atoms with van der Waals surface area (Å²) >= 11 is 0. The van der Waals surface area contributed by atoms with E-state index in [4.69, 9.17) is 24.2 Å². The minimum Gasteiger partial charge on any atom is -0.463 e. The topological polar surface area (TPSA) is 150 Å². The van der Waals surface area contributed by atoms with Gasteiger partial charge in [-0.1, -0.05) is 52.8 Å². The first kappa shape index (κ1) is 26.3. The summed E-state index contributed by atoms with van der Waals surface area (Å²) in [5.74, 6) is -4.55. The van der Waals surface area contributed by atoms with E-state index in [1.54, 1.807) is 41.5 Å². The molecule has 0 aromatic rings. The van der Waals surface area contributed by atoms with Crippen molar-refractivity contribution in [2.75, 3.05) is 6.61 Å². The van der Waals surface area contributed by atoms with Crippen LogP contribution in [0.25, 0.3) is 0 Å². The molecule has 0 spiro atoms. The summed E-state index contributed by atoms with van der Waals surface area (Å²) in [6.07, 6.45) is -1.45. The van der Waals surface area contributed by atoms with Crippen LogP contribution in [0.3, 0.4) is 0 Å². The number of carbonyl (C=O) groups is 4. The molecule has 0 aliphatic carbocycles. The van der Waals surface area contributed by atoms with Crippen LogP contribution in [-0.2, 0) is 38.1 Å². The minimum atomic E-state index is -1.14. The average molecular weight is 469 g/mol. The van der Waals surface area contributed by atoms with Crippen molar-refractivity contribution in [1.82, 2.24) is 5.32 Å². The number of amides is 1. The lowest BCUT2D eigenvalue weighted by Crippen LogP contribution is -2.49. The minimum absolute atomic E-state index is 0.0600. The summed E-state index contributed by atoms with van der Waals surface area (Å²) in [6, 6.07) is 0. The van der Waals surface area contributed by atoms with Gasteiger partial charge in [0.15, 0.2) is 18.0 Å². The van der Waals surface area contributed by atoms with E-state index in [2.05, 4.69) is 10.5 Å². The van der Waals surface area contributed by atoms with Crippen LogP contribution >= 0.6 is 0 Å². The molecule has 2 N–H and O–H groups in total. The molecule has 0 saturated carbocycles. The average Bonchev–Trinajstić information content (AvgIpc) is 3.08. The second kappa shape index (κ2) is 11.3. The first-order valence-corrected chi connectivity index (χ1v) is 10.9. The zero-order chi connectivity index (χ0) is 24.9. The monoisotopic (exact) mass is 468 g/mol. The van der Waals surface area contributed by atoms with Crippen molar-refractivity contribution in [2.45, 2.75) is 66.0 Å². The van der Waals surface area contributed by atoms with Crippen LogP contribution in [0.2, 0.25) is 0 Å². The molecular formula is C22H32N2O9. The number of amidine groups is 1. The SMILES string of the molecule is CC(C)C(=O)OC[C@H]1OC(C2C=CC(=NO)NC2=O)[C@H](OC(=O)C(C)C)[C@@H]1OC(=O)C(C)C. The van der Waals surface area contributed by atoms with E-state index in [0.717, 1.165) is 0 Å². The number of hydrogen-bond donors (Lipinski definition) is 2. The number of esters is 3. The third-order valence-electron chi connectivity index (χ3n) is 5.13. The third-order valence-corrected chi connectivity index (χ3v) is 5.13. The largest absolute Gasteiger partial charge is 0.463 e. The molecule has 11 heteroatoms. The van der Waals surface area contributed by atoms with Crippen molar-refractivity contribution < 1.29 is 43.3 Å². The van der Waals surface area contributed by atoms with Crippen LogP contribution in [0.5, 0.6) is 0 Å². The molecule has 2 rings (SSSR count). The highest BCUT2D eigenvalue weighted by Crippen LogP contribution is 2.34. The van der Waals surface area contributed by atoms with Crippen molar-refractivity contribution in [2.24, 2.45) is 28.8 Å². The van der Waals surface area contributed by atoms with Crippen LogP contribution in [0.15, 0.2) is 17.3 Å². The summed E-state index contributed by atoms with van der Waals surface area (Å²) in [7, 11) is 0.